The number of hydrogen-bond donors (Lipinski definition) is 2. The maximum Gasteiger partial charge on any atom is 0.237 e. The first-order valence-electron chi connectivity index (χ1n) is 8.98. The van der Waals surface area contributed by atoms with E-state index in [-0.39, 0.29) is 6.04 Å². The Morgan fingerprint density at radius 1 is 1.19 bits per heavy atom. The van der Waals surface area contributed by atoms with E-state index < -0.39 is 0 Å². The minimum Gasteiger partial charge on any atom is -0.354 e. The molecule has 2 N–H and O–H groups in total. The number of nitrogens with zero attached hydrogens (tertiary/aromatic N) is 1. The fourth-order valence-corrected chi connectivity index (χ4v) is 4.52. The maximum absolute atomic E-state index is 12.6. The summed E-state index contributed by atoms with van der Waals surface area (Å²) in [6.45, 7) is 6.56. The van der Waals surface area contributed by atoms with Gasteiger partial charge in [-0.2, -0.15) is 0 Å². The van der Waals surface area contributed by atoms with E-state index in [2.05, 4.69) is 22.5 Å². The highest BCUT2D eigenvalue weighted by Crippen LogP contribution is 2.30. The van der Waals surface area contributed by atoms with E-state index in [1.54, 1.807) is 0 Å². The highest BCUT2D eigenvalue weighted by Gasteiger charge is 2.35. The summed E-state index contributed by atoms with van der Waals surface area (Å²) in [7, 11) is 0. The fraction of sp³-hybridized carbons (Fsp3) is 0.941. The molecule has 1 saturated carbocycles. The maximum atomic E-state index is 12.6. The van der Waals surface area contributed by atoms with Crippen LogP contribution < -0.4 is 10.6 Å². The summed E-state index contributed by atoms with van der Waals surface area (Å²) < 4.78 is 0. The molecule has 0 bridgehead atoms. The average Bonchev–Trinajstić information content (AvgIpc) is 3.14. The number of amides is 1. The van der Waals surface area contributed by atoms with Crippen LogP contribution in [0.2, 0.25) is 0 Å². The van der Waals surface area contributed by atoms with Crippen molar-refractivity contribution in [2.45, 2.75) is 64.0 Å². The van der Waals surface area contributed by atoms with Crippen LogP contribution in [0.3, 0.4) is 0 Å². The quantitative estimate of drug-likeness (QED) is 0.830. The van der Waals surface area contributed by atoms with Gasteiger partial charge in [-0.1, -0.05) is 13.3 Å². The SMILES string of the molecule is CC1CCC(CNC(=O)C2CCCN2C2CCNCC2)C1. The third-order valence-corrected chi connectivity index (χ3v) is 5.74. The molecule has 2 saturated heterocycles. The Balaban J connectivity index is 1.48. The standard InChI is InChI=1S/C17H31N3O/c1-13-4-5-14(11-13)12-19-17(21)16-3-2-10-20(16)15-6-8-18-9-7-15/h13-16,18H,2-12H2,1H3,(H,19,21). The van der Waals surface area contributed by atoms with Crippen molar-refractivity contribution in [3.8, 4) is 0 Å². The number of carbonyl (C=O) groups is 1. The molecule has 0 aromatic rings. The predicted molar refractivity (Wildman–Crippen MR) is 85.1 cm³/mol. The van der Waals surface area contributed by atoms with Gasteiger partial charge in [0.1, 0.15) is 0 Å². The zero-order valence-corrected chi connectivity index (χ0v) is 13.4. The van der Waals surface area contributed by atoms with Crippen molar-refractivity contribution in [2.75, 3.05) is 26.2 Å². The van der Waals surface area contributed by atoms with Gasteiger partial charge in [-0.15, -0.1) is 0 Å². The molecule has 1 aliphatic carbocycles. The van der Waals surface area contributed by atoms with Crippen LogP contribution in [0.15, 0.2) is 0 Å². The predicted octanol–water partition coefficient (Wildman–Crippen LogP) is 1.76. The summed E-state index contributed by atoms with van der Waals surface area (Å²) in [6, 6.07) is 0.767. The van der Waals surface area contributed by atoms with Crippen molar-refractivity contribution in [1.82, 2.24) is 15.5 Å². The van der Waals surface area contributed by atoms with Crippen LogP contribution in [0.25, 0.3) is 0 Å². The second-order valence-corrected chi connectivity index (χ2v) is 7.41. The van der Waals surface area contributed by atoms with Crippen LogP contribution in [0.1, 0.15) is 51.9 Å². The van der Waals surface area contributed by atoms with E-state index in [0.29, 0.717) is 11.9 Å². The Kier molecular flexibility index (Phi) is 5.17. The molecule has 0 aromatic heterocycles. The monoisotopic (exact) mass is 293 g/mol. The van der Waals surface area contributed by atoms with E-state index in [9.17, 15) is 4.79 Å². The topological polar surface area (TPSA) is 44.4 Å². The third kappa shape index (κ3) is 3.78. The molecule has 21 heavy (non-hydrogen) atoms. The fourth-order valence-electron chi connectivity index (χ4n) is 4.52. The van der Waals surface area contributed by atoms with Crippen LogP contribution in [-0.2, 0) is 4.79 Å². The molecule has 3 rings (SSSR count). The van der Waals surface area contributed by atoms with Crippen LogP contribution >= 0.6 is 0 Å². The molecule has 3 fully saturated rings. The number of nitrogens with one attached hydrogen (secondary N) is 2. The van der Waals surface area contributed by atoms with Gasteiger partial charge in [-0.3, -0.25) is 9.69 Å². The van der Waals surface area contributed by atoms with Crippen molar-refractivity contribution in [1.29, 1.82) is 0 Å². The molecular weight excluding hydrogens is 262 g/mol. The second kappa shape index (κ2) is 7.10. The van der Waals surface area contributed by atoms with Gasteiger partial charge in [0.2, 0.25) is 5.91 Å². The molecule has 1 amide bonds. The van der Waals surface area contributed by atoms with Gasteiger partial charge in [0.15, 0.2) is 0 Å². The zero-order valence-electron chi connectivity index (χ0n) is 13.4. The van der Waals surface area contributed by atoms with Crippen molar-refractivity contribution in [2.24, 2.45) is 11.8 Å². The first-order valence-corrected chi connectivity index (χ1v) is 8.98. The molecule has 2 heterocycles. The van der Waals surface area contributed by atoms with E-state index in [1.807, 2.05) is 0 Å². The largest absolute Gasteiger partial charge is 0.354 e. The third-order valence-electron chi connectivity index (χ3n) is 5.74. The van der Waals surface area contributed by atoms with Crippen LogP contribution in [0.4, 0.5) is 0 Å². The molecule has 3 atom stereocenters. The summed E-state index contributed by atoms with van der Waals surface area (Å²) in [4.78, 5) is 15.1. The number of hydrogen-bond acceptors (Lipinski definition) is 3. The first kappa shape index (κ1) is 15.3. The molecule has 0 aromatic carbocycles. The molecule has 2 aliphatic heterocycles. The zero-order chi connectivity index (χ0) is 14.7. The summed E-state index contributed by atoms with van der Waals surface area (Å²) in [5, 5.41) is 6.68. The molecule has 120 valence electrons. The van der Waals surface area contributed by atoms with Crippen LogP contribution in [0, 0.1) is 11.8 Å². The van der Waals surface area contributed by atoms with Gasteiger partial charge in [0.25, 0.3) is 0 Å². The van der Waals surface area contributed by atoms with Crippen molar-refractivity contribution in [3.63, 3.8) is 0 Å². The normalized spacial score (nSPS) is 35.2. The highest BCUT2D eigenvalue weighted by atomic mass is 16.2. The average molecular weight is 293 g/mol. The first-order chi connectivity index (χ1) is 10.2. The number of carbonyl (C=O) groups excluding carboxylic acids is 1. The van der Waals surface area contributed by atoms with Crippen LogP contribution in [0.5, 0.6) is 0 Å². The number of rotatable bonds is 4. The molecule has 4 nitrogen and oxygen atoms in total. The van der Waals surface area contributed by atoms with E-state index >= 15 is 0 Å². The van der Waals surface area contributed by atoms with Gasteiger partial charge in [-0.05, 0) is 70.0 Å². The van der Waals surface area contributed by atoms with Crippen molar-refractivity contribution >= 4 is 5.91 Å². The summed E-state index contributed by atoms with van der Waals surface area (Å²) in [5.41, 5.74) is 0. The van der Waals surface area contributed by atoms with Crippen molar-refractivity contribution in [3.05, 3.63) is 0 Å². The lowest BCUT2D eigenvalue weighted by Gasteiger charge is -2.35. The minimum atomic E-state index is 0.145. The highest BCUT2D eigenvalue weighted by molar-refractivity contribution is 5.82. The molecule has 3 aliphatic rings. The number of piperidine rings is 1. The molecular formula is C17H31N3O. The summed E-state index contributed by atoms with van der Waals surface area (Å²) in [6.07, 6.45) is 8.56. The Morgan fingerprint density at radius 2 is 2.00 bits per heavy atom. The van der Waals surface area contributed by atoms with E-state index in [0.717, 1.165) is 44.4 Å². The Hall–Kier alpha value is -0.610. The Bertz CT molecular complexity index is 354. The van der Waals surface area contributed by atoms with E-state index in [4.69, 9.17) is 0 Å². The summed E-state index contributed by atoms with van der Waals surface area (Å²) >= 11 is 0. The van der Waals surface area contributed by atoms with Gasteiger partial charge in [0, 0.05) is 12.6 Å². The molecule has 4 heteroatoms. The lowest BCUT2D eigenvalue weighted by molar-refractivity contribution is -0.126. The van der Waals surface area contributed by atoms with Gasteiger partial charge in [0.05, 0.1) is 6.04 Å². The Morgan fingerprint density at radius 3 is 2.71 bits per heavy atom. The Labute approximate surface area is 129 Å². The lowest BCUT2D eigenvalue weighted by atomic mass is 10.0. The number of likely N-dealkylation sites (tertiary alicyclic amines) is 1. The summed E-state index contributed by atoms with van der Waals surface area (Å²) in [5.74, 6) is 1.87. The molecule has 0 spiro atoms. The minimum absolute atomic E-state index is 0.145. The molecule has 3 unspecified atom stereocenters. The van der Waals surface area contributed by atoms with E-state index in [1.165, 1.54) is 38.5 Å². The van der Waals surface area contributed by atoms with Crippen LogP contribution in [-0.4, -0.2) is 49.1 Å². The second-order valence-electron chi connectivity index (χ2n) is 7.41. The smallest absolute Gasteiger partial charge is 0.237 e. The van der Waals surface area contributed by atoms with Gasteiger partial charge < -0.3 is 10.6 Å². The van der Waals surface area contributed by atoms with Gasteiger partial charge in [-0.25, -0.2) is 0 Å². The van der Waals surface area contributed by atoms with Crippen molar-refractivity contribution < 1.29 is 4.79 Å². The molecule has 0 radical (unpaired) electrons. The van der Waals surface area contributed by atoms with Gasteiger partial charge >= 0.3 is 0 Å². The lowest BCUT2D eigenvalue weighted by Crippen LogP contribution is -2.51.